The van der Waals surface area contributed by atoms with Crippen LogP contribution in [0, 0.1) is 0 Å². The van der Waals surface area contributed by atoms with E-state index in [4.69, 9.17) is 0 Å². The first kappa shape index (κ1) is 6.34. The Morgan fingerprint density at radius 3 is 3.36 bits per heavy atom. The summed E-state index contributed by atoms with van der Waals surface area (Å²) < 4.78 is 1.78. The van der Waals surface area contributed by atoms with Crippen molar-refractivity contribution in [3.8, 4) is 0 Å². The predicted octanol–water partition coefficient (Wildman–Crippen LogP) is 1.54. The fraction of sp³-hybridized carbons (Fsp3) is 0.250. The molecule has 0 fully saturated rings. The van der Waals surface area contributed by atoms with Crippen molar-refractivity contribution in [3.05, 3.63) is 17.8 Å². The van der Waals surface area contributed by atoms with Gasteiger partial charge in [0.05, 0.1) is 6.20 Å². The molecule has 0 spiro atoms. The molecule has 11 heavy (non-hydrogen) atoms. The summed E-state index contributed by atoms with van der Waals surface area (Å²) in [6, 6.07) is 0. The summed E-state index contributed by atoms with van der Waals surface area (Å²) in [5, 5.41) is 4.09. The first-order valence-corrected chi connectivity index (χ1v) is 3.59. The Bertz CT molecular complexity index is 320. The van der Waals surface area contributed by atoms with Crippen LogP contribution in [0.25, 0.3) is 6.08 Å². The molecular weight excluding hydrogens is 138 g/mol. The van der Waals surface area contributed by atoms with Gasteiger partial charge in [-0.3, -0.25) is 4.68 Å². The van der Waals surface area contributed by atoms with Gasteiger partial charge in [0.25, 0.3) is 0 Å². The van der Waals surface area contributed by atoms with Gasteiger partial charge in [0.2, 0.25) is 0 Å². The van der Waals surface area contributed by atoms with E-state index in [2.05, 4.69) is 22.2 Å². The van der Waals surface area contributed by atoms with E-state index in [-0.39, 0.29) is 0 Å². The van der Waals surface area contributed by atoms with E-state index in [1.54, 1.807) is 4.68 Å². The van der Waals surface area contributed by atoms with Crippen LogP contribution in [-0.4, -0.2) is 16.0 Å². The summed E-state index contributed by atoms with van der Waals surface area (Å²) in [6.45, 7) is 0. The fourth-order valence-electron chi connectivity index (χ4n) is 1.12. The molecule has 1 aliphatic rings. The SMILES string of the molecule is Cn1ncc2c1N=CCC=C2. The summed E-state index contributed by atoms with van der Waals surface area (Å²) >= 11 is 0. The van der Waals surface area contributed by atoms with Crippen LogP contribution < -0.4 is 0 Å². The van der Waals surface area contributed by atoms with Crippen LogP contribution in [0.4, 0.5) is 5.82 Å². The van der Waals surface area contributed by atoms with Gasteiger partial charge < -0.3 is 0 Å². The van der Waals surface area contributed by atoms with Gasteiger partial charge in [0.1, 0.15) is 0 Å². The van der Waals surface area contributed by atoms with Gasteiger partial charge in [-0.1, -0.05) is 12.2 Å². The summed E-state index contributed by atoms with van der Waals surface area (Å²) in [6.07, 6.45) is 8.76. The molecular formula is C8H9N3. The molecule has 0 saturated heterocycles. The number of fused-ring (bicyclic) bond motifs is 1. The number of nitrogens with zero attached hydrogens (tertiary/aromatic N) is 3. The third-order valence-corrected chi connectivity index (χ3v) is 1.69. The molecule has 0 bridgehead atoms. The van der Waals surface area contributed by atoms with Crippen molar-refractivity contribution < 1.29 is 0 Å². The summed E-state index contributed by atoms with van der Waals surface area (Å²) in [5.74, 6) is 0.943. The van der Waals surface area contributed by atoms with Crippen LogP contribution in [0.3, 0.4) is 0 Å². The van der Waals surface area contributed by atoms with E-state index >= 15 is 0 Å². The van der Waals surface area contributed by atoms with Gasteiger partial charge in [-0.2, -0.15) is 5.10 Å². The van der Waals surface area contributed by atoms with E-state index in [1.165, 1.54) is 0 Å². The highest BCUT2D eigenvalue weighted by Gasteiger charge is 2.03. The lowest BCUT2D eigenvalue weighted by Crippen LogP contribution is -1.87. The molecule has 0 N–H and O–H groups in total. The molecule has 0 unspecified atom stereocenters. The van der Waals surface area contributed by atoms with E-state index in [0.717, 1.165) is 17.8 Å². The lowest BCUT2D eigenvalue weighted by molar-refractivity contribution is 0.771. The predicted molar refractivity (Wildman–Crippen MR) is 45.0 cm³/mol. The maximum Gasteiger partial charge on any atom is 0.157 e. The Morgan fingerprint density at radius 1 is 1.55 bits per heavy atom. The molecule has 0 amide bonds. The molecule has 0 aliphatic carbocycles. The number of allylic oxidation sites excluding steroid dienone is 1. The highest BCUT2D eigenvalue weighted by molar-refractivity contribution is 5.73. The monoisotopic (exact) mass is 147 g/mol. The largest absolute Gasteiger partial charge is 0.250 e. The second-order valence-electron chi connectivity index (χ2n) is 2.50. The minimum atomic E-state index is 0.911. The Morgan fingerprint density at radius 2 is 2.45 bits per heavy atom. The molecule has 1 aromatic heterocycles. The van der Waals surface area contributed by atoms with Crippen LogP contribution in [0.5, 0.6) is 0 Å². The zero-order valence-corrected chi connectivity index (χ0v) is 6.36. The molecule has 0 saturated carbocycles. The summed E-state index contributed by atoms with van der Waals surface area (Å²) in [5.41, 5.74) is 1.10. The van der Waals surface area contributed by atoms with Crippen LogP contribution >= 0.6 is 0 Å². The van der Waals surface area contributed by atoms with E-state index in [9.17, 15) is 0 Å². The zero-order chi connectivity index (χ0) is 7.68. The van der Waals surface area contributed by atoms with E-state index in [0.29, 0.717) is 0 Å². The lowest BCUT2D eigenvalue weighted by Gasteiger charge is -1.92. The molecule has 0 radical (unpaired) electrons. The van der Waals surface area contributed by atoms with Crippen LogP contribution in [-0.2, 0) is 7.05 Å². The van der Waals surface area contributed by atoms with Crippen molar-refractivity contribution in [2.45, 2.75) is 6.42 Å². The van der Waals surface area contributed by atoms with Gasteiger partial charge >= 0.3 is 0 Å². The Kier molecular flexibility index (Phi) is 1.35. The maximum atomic E-state index is 4.26. The molecule has 2 rings (SSSR count). The minimum absolute atomic E-state index is 0.911. The Labute approximate surface area is 65.1 Å². The molecule has 1 aromatic rings. The quantitative estimate of drug-likeness (QED) is 0.547. The van der Waals surface area contributed by atoms with Crippen molar-refractivity contribution in [1.29, 1.82) is 0 Å². The van der Waals surface area contributed by atoms with Crippen LogP contribution in [0.15, 0.2) is 17.3 Å². The van der Waals surface area contributed by atoms with Gasteiger partial charge in [0.15, 0.2) is 5.82 Å². The average Bonchev–Trinajstić information content (AvgIpc) is 2.25. The van der Waals surface area contributed by atoms with E-state index < -0.39 is 0 Å². The van der Waals surface area contributed by atoms with Crippen molar-refractivity contribution in [2.75, 3.05) is 0 Å². The first-order chi connectivity index (χ1) is 5.38. The number of rotatable bonds is 0. The topological polar surface area (TPSA) is 30.2 Å². The second-order valence-corrected chi connectivity index (χ2v) is 2.50. The zero-order valence-electron chi connectivity index (χ0n) is 6.36. The van der Waals surface area contributed by atoms with Crippen molar-refractivity contribution in [2.24, 2.45) is 12.0 Å². The molecule has 3 nitrogen and oxygen atoms in total. The van der Waals surface area contributed by atoms with Crippen molar-refractivity contribution >= 4 is 18.1 Å². The van der Waals surface area contributed by atoms with Crippen LogP contribution in [0.1, 0.15) is 12.0 Å². The Hall–Kier alpha value is -1.38. The first-order valence-electron chi connectivity index (χ1n) is 3.59. The normalized spacial score (nSPS) is 14.6. The highest BCUT2D eigenvalue weighted by Crippen LogP contribution is 2.20. The minimum Gasteiger partial charge on any atom is -0.250 e. The number of hydrogen-bond donors (Lipinski definition) is 0. The maximum absolute atomic E-state index is 4.26. The van der Waals surface area contributed by atoms with Gasteiger partial charge in [-0.05, 0) is 0 Å². The Balaban J connectivity index is 2.60. The molecule has 0 aromatic carbocycles. The summed E-state index contributed by atoms with van der Waals surface area (Å²) in [7, 11) is 1.90. The number of aromatic nitrogens is 2. The van der Waals surface area contributed by atoms with Gasteiger partial charge in [-0.15, -0.1) is 0 Å². The molecule has 0 atom stereocenters. The average molecular weight is 147 g/mol. The molecule has 2 heterocycles. The van der Waals surface area contributed by atoms with Gasteiger partial charge in [0, 0.05) is 25.2 Å². The van der Waals surface area contributed by atoms with E-state index in [1.807, 2.05) is 19.5 Å². The third-order valence-electron chi connectivity index (χ3n) is 1.69. The van der Waals surface area contributed by atoms with Crippen molar-refractivity contribution in [3.63, 3.8) is 0 Å². The number of aryl methyl sites for hydroxylation is 1. The standard InChI is InChI=1S/C8H9N3/c1-11-8-7(6-10-11)4-2-3-5-9-8/h2,4-6H,3H2,1H3. The van der Waals surface area contributed by atoms with Crippen molar-refractivity contribution in [1.82, 2.24) is 9.78 Å². The molecule has 1 aliphatic heterocycles. The highest BCUT2D eigenvalue weighted by atomic mass is 15.3. The fourth-order valence-corrected chi connectivity index (χ4v) is 1.12. The third kappa shape index (κ3) is 0.981. The van der Waals surface area contributed by atoms with Gasteiger partial charge in [-0.25, -0.2) is 4.99 Å². The second kappa shape index (κ2) is 2.34. The molecule has 3 heteroatoms. The lowest BCUT2D eigenvalue weighted by atomic mass is 10.3. The van der Waals surface area contributed by atoms with Crippen LogP contribution in [0.2, 0.25) is 0 Å². The molecule has 56 valence electrons. The number of hydrogen-bond acceptors (Lipinski definition) is 2. The smallest absolute Gasteiger partial charge is 0.157 e. The number of aliphatic imine (C=N–C) groups is 1. The summed E-state index contributed by atoms with van der Waals surface area (Å²) in [4.78, 5) is 4.26.